The Labute approximate surface area is 139 Å². The molecular weight excluding hydrogens is 350 g/mol. The van der Waals surface area contributed by atoms with Gasteiger partial charge in [0.1, 0.15) is 5.82 Å². The molecule has 2 rings (SSSR count). The number of pyridine rings is 1. The molecule has 0 aliphatic carbocycles. The SMILES string of the molecule is CCN(CC)c1ccc(NCc2ccc(Br)c(Cl)c2)cn1. The van der Waals surface area contributed by atoms with E-state index >= 15 is 0 Å². The number of rotatable bonds is 6. The summed E-state index contributed by atoms with van der Waals surface area (Å²) in [5, 5.41) is 4.08. The van der Waals surface area contributed by atoms with Crippen molar-refractivity contribution in [2.24, 2.45) is 0 Å². The Hall–Kier alpha value is -1.26. The summed E-state index contributed by atoms with van der Waals surface area (Å²) in [6.45, 7) is 6.92. The summed E-state index contributed by atoms with van der Waals surface area (Å²) in [7, 11) is 0. The number of hydrogen-bond acceptors (Lipinski definition) is 3. The highest BCUT2D eigenvalue weighted by Gasteiger charge is 2.03. The van der Waals surface area contributed by atoms with E-state index in [1.807, 2.05) is 30.5 Å². The maximum Gasteiger partial charge on any atom is 0.128 e. The molecule has 0 amide bonds. The van der Waals surface area contributed by atoms with E-state index in [1.54, 1.807) is 0 Å². The molecular formula is C16H19BrClN3. The zero-order valence-corrected chi connectivity index (χ0v) is 14.6. The monoisotopic (exact) mass is 367 g/mol. The zero-order valence-electron chi connectivity index (χ0n) is 12.2. The van der Waals surface area contributed by atoms with Gasteiger partial charge in [-0.3, -0.25) is 0 Å². The van der Waals surface area contributed by atoms with Crippen molar-refractivity contribution in [1.82, 2.24) is 4.98 Å². The Bertz CT molecular complexity index is 583. The van der Waals surface area contributed by atoms with Gasteiger partial charge in [0, 0.05) is 24.1 Å². The summed E-state index contributed by atoms with van der Waals surface area (Å²) in [6, 6.07) is 10.1. The number of nitrogens with zero attached hydrogens (tertiary/aromatic N) is 2. The molecule has 1 N–H and O–H groups in total. The smallest absolute Gasteiger partial charge is 0.128 e. The fourth-order valence-corrected chi connectivity index (χ4v) is 2.53. The van der Waals surface area contributed by atoms with Crippen molar-refractivity contribution in [2.45, 2.75) is 20.4 Å². The predicted molar refractivity (Wildman–Crippen MR) is 94.3 cm³/mol. The van der Waals surface area contributed by atoms with Crippen LogP contribution in [0, 0.1) is 0 Å². The average Bonchev–Trinajstić information content (AvgIpc) is 2.51. The fourth-order valence-electron chi connectivity index (χ4n) is 2.08. The normalized spacial score (nSPS) is 10.5. The second-order valence-corrected chi connectivity index (χ2v) is 5.94. The molecule has 5 heteroatoms. The first-order valence-electron chi connectivity index (χ1n) is 7.02. The van der Waals surface area contributed by atoms with E-state index in [1.165, 1.54) is 0 Å². The highest BCUT2D eigenvalue weighted by atomic mass is 79.9. The first kappa shape index (κ1) is 16.1. The van der Waals surface area contributed by atoms with Crippen LogP contribution in [-0.2, 0) is 6.54 Å². The first-order chi connectivity index (χ1) is 10.1. The number of hydrogen-bond donors (Lipinski definition) is 1. The van der Waals surface area contributed by atoms with Crippen molar-refractivity contribution in [3.8, 4) is 0 Å². The van der Waals surface area contributed by atoms with Crippen LogP contribution in [0.3, 0.4) is 0 Å². The Morgan fingerprint density at radius 1 is 1.19 bits per heavy atom. The minimum Gasteiger partial charge on any atom is -0.380 e. The van der Waals surface area contributed by atoms with Gasteiger partial charge >= 0.3 is 0 Å². The Kier molecular flexibility index (Phi) is 5.88. The van der Waals surface area contributed by atoms with Crippen LogP contribution >= 0.6 is 27.5 Å². The van der Waals surface area contributed by atoms with Crippen LogP contribution in [0.15, 0.2) is 41.0 Å². The predicted octanol–water partition coefficient (Wildman–Crippen LogP) is 4.96. The zero-order chi connectivity index (χ0) is 15.2. The van der Waals surface area contributed by atoms with Crippen LogP contribution < -0.4 is 10.2 Å². The van der Waals surface area contributed by atoms with Crippen LogP contribution in [0.5, 0.6) is 0 Å². The largest absolute Gasteiger partial charge is 0.380 e. The minimum atomic E-state index is 0.722. The molecule has 0 radical (unpaired) electrons. The summed E-state index contributed by atoms with van der Waals surface area (Å²) in [4.78, 5) is 6.72. The van der Waals surface area contributed by atoms with Gasteiger partial charge in [0.25, 0.3) is 0 Å². The van der Waals surface area contributed by atoms with Crippen LogP contribution in [0.1, 0.15) is 19.4 Å². The number of benzene rings is 1. The number of anilines is 2. The van der Waals surface area contributed by atoms with Crippen molar-refractivity contribution in [3.05, 3.63) is 51.6 Å². The summed E-state index contributed by atoms with van der Waals surface area (Å²) in [5.74, 6) is 1.01. The third-order valence-electron chi connectivity index (χ3n) is 3.32. The summed E-state index contributed by atoms with van der Waals surface area (Å²) in [6.07, 6.45) is 1.87. The van der Waals surface area contributed by atoms with Gasteiger partial charge in [-0.15, -0.1) is 0 Å². The second kappa shape index (κ2) is 7.66. The highest BCUT2D eigenvalue weighted by molar-refractivity contribution is 9.10. The summed E-state index contributed by atoms with van der Waals surface area (Å²) >= 11 is 9.48. The van der Waals surface area contributed by atoms with Gasteiger partial charge in [0.2, 0.25) is 0 Å². The molecule has 0 aliphatic heterocycles. The van der Waals surface area contributed by atoms with Gasteiger partial charge < -0.3 is 10.2 Å². The van der Waals surface area contributed by atoms with Crippen molar-refractivity contribution in [2.75, 3.05) is 23.3 Å². The van der Waals surface area contributed by atoms with E-state index in [0.29, 0.717) is 0 Å². The van der Waals surface area contributed by atoms with Crippen molar-refractivity contribution >= 4 is 39.0 Å². The van der Waals surface area contributed by atoms with Crippen molar-refractivity contribution in [3.63, 3.8) is 0 Å². The molecule has 0 saturated carbocycles. The Morgan fingerprint density at radius 3 is 2.52 bits per heavy atom. The van der Waals surface area contributed by atoms with Crippen molar-refractivity contribution < 1.29 is 0 Å². The molecule has 3 nitrogen and oxygen atoms in total. The summed E-state index contributed by atoms with van der Waals surface area (Å²) < 4.78 is 0.915. The van der Waals surface area contributed by atoms with E-state index in [9.17, 15) is 0 Å². The van der Waals surface area contributed by atoms with Crippen molar-refractivity contribution in [1.29, 1.82) is 0 Å². The molecule has 0 bridgehead atoms. The van der Waals surface area contributed by atoms with E-state index in [2.05, 4.69) is 51.0 Å². The molecule has 2 aromatic rings. The maximum absolute atomic E-state index is 6.09. The molecule has 0 atom stereocenters. The molecule has 0 aliphatic rings. The van der Waals surface area contributed by atoms with E-state index in [0.717, 1.165) is 46.2 Å². The number of nitrogens with one attached hydrogen (secondary N) is 1. The van der Waals surface area contributed by atoms with Crippen LogP contribution in [0.25, 0.3) is 0 Å². The Morgan fingerprint density at radius 2 is 1.95 bits per heavy atom. The molecule has 1 aromatic carbocycles. The van der Waals surface area contributed by atoms with Gasteiger partial charge in [-0.05, 0) is 59.6 Å². The lowest BCUT2D eigenvalue weighted by Gasteiger charge is -2.19. The topological polar surface area (TPSA) is 28.2 Å². The molecule has 1 heterocycles. The highest BCUT2D eigenvalue weighted by Crippen LogP contribution is 2.23. The van der Waals surface area contributed by atoms with Gasteiger partial charge in [0.05, 0.1) is 16.9 Å². The van der Waals surface area contributed by atoms with Gasteiger partial charge in [-0.1, -0.05) is 17.7 Å². The first-order valence-corrected chi connectivity index (χ1v) is 8.20. The van der Waals surface area contributed by atoms with E-state index < -0.39 is 0 Å². The molecule has 112 valence electrons. The molecule has 0 fully saturated rings. The van der Waals surface area contributed by atoms with E-state index in [4.69, 9.17) is 11.6 Å². The fraction of sp³-hybridized carbons (Fsp3) is 0.312. The van der Waals surface area contributed by atoms with Crippen LogP contribution in [0.4, 0.5) is 11.5 Å². The van der Waals surface area contributed by atoms with Crippen LogP contribution in [-0.4, -0.2) is 18.1 Å². The lowest BCUT2D eigenvalue weighted by molar-refractivity contribution is 0.846. The Balaban J connectivity index is 1.98. The molecule has 0 spiro atoms. The average molecular weight is 369 g/mol. The standard InChI is InChI=1S/C16H19BrClN3/c1-3-21(4-2)16-8-6-13(11-20-16)19-10-12-5-7-14(17)15(18)9-12/h5-9,11,19H,3-4,10H2,1-2H3. The van der Waals surface area contributed by atoms with E-state index in [-0.39, 0.29) is 0 Å². The van der Waals surface area contributed by atoms with Gasteiger partial charge in [0.15, 0.2) is 0 Å². The third kappa shape index (κ3) is 4.35. The lowest BCUT2D eigenvalue weighted by Crippen LogP contribution is -2.22. The number of halogens is 2. The number of aromatic nitrogens is 1. The minimum absolute atomic E-state index is 0.722. The summed E-state index contributed by atoms with van der Waals surface area (Å²) in [5.41, 5.74) is 2.14. The third-order valence-corrected chi connectivity index (χ3v) is 4.55. The van der Waals surface area contributed by atoms with Gasteiger partial charge in [-0.25, -0.2) is 4.98 Å². The molecule has 0 saturated heterocycles. The molecule has 1 aromatic heterocycles. The lowest BCUT2D eigenvalue weighted by atomic mass is 10.2. The maximum atomic E-state index is 6.09. The quantitative estimate of drug-likeness (QED) is 0.781. The second-order valence-electron chi connectivity index (χ2n) is 4.68. The molecule has 21 heavy (non-hydrogen) atoms. The van der Waals surface area contributed by atoms with Gasteiger partial charge in [-0.2, -0.15) is 0 Å². The molecule has 0 unspecified atom stereocenters. The van der Waals surface area contributed by atoms with Crippen LogP contribution in [0.2, 0.25) is 5.02 Å².